The van der Waals surface area contributed by atoms with Crippen molar-refractivity contribution in [2.75, 3.05) is 33.8 Å². The molecule has 2 atom stereocenters. The summed E-state index contributed by atoms with van der Waals surface area (Å²) in [6.45, 7) is 5.93. The van der Waals surface area contributed by atoms with E-state index >= 15 is 0 Å². The van der Waals surface area contributed by atoms with Crippen molar-refractivity contribution in [1.29, 1.82) is 5.26 Å². The van der Waals surface area contributed by atoms with Gasteiger partial charge >= 0.3 is 6.03 Å². The molecule has 2 saturated heterocycles. The summed E-state index contributed by atoms with van der Waals surface area (Å²) < 4.78 is 5.59. The molecule has 3 amide bonds. The molecule has 2 fully saturated rings. The summed E-state index contributed by atoms with van der Waals surface area (Å²) in [5.41, 5.74) is 2.22. The van der Waals surface area contributed by atoms with Crippen LogP contribution in [0.5, 0.6) is 0 Å². The molecule has 2 unspecified atom stereocenters. The zero-order valence-corrected chi connectivity index (χ0v) is 16.5. The Balaban J connectivity index is 1.73. The average molecular weight is 384 g/mol. The van der Waals surface area contributed by atoms with Crippen LogP contribution in [-0.4, -0.2) is 72.4 Å². The van der Waals surface area contributed by atoms with Gasteiger partial charge in [0.15, 0.2) is 0 Å². The highest BCUT2D eigenvalue weighted by Gasteiger charge is 2.46. The van der Waals surface area contributed by atoms with Crippen molar-refractivity contribution in [3.05, 3.63) is 35.4 Å². The quantitative estimate of drug-likeness (QED) is 0.759. The lowest BCUT2D eigenvalue weighted by atomic mass is 10.1. The van der Waals surface area contributed by atoms with Gasteiger partial charge in [-0.2, -0.15) is 10.2 Å². The van der Waals surface area contributed by atoms with E-state index < -0.39 is 17.9 Å². The Bertz CT molecular complexity index is 831. The van der Waals surface area contributed by atoms with Crippen molar-refractivity contribution in [2.24, 2.45) is 5.92 Å². The number of amidine groups is 1. The van der Waals surface area contributed by atoms with Crippen LogP contribution in [0.1, 0.15) is 18.1 Å². The van der Waals surface area contributed by atoms with E-state index in [1.165, 1.54) is 17.5 Å². The molecule has 0 bridgehead atoms. The van der Waals surface area contributed by atoms with E-state index in [2.05, 4.69) is 28.9 Å². The Morgan fingerprint density at radius 2 is 2.00 bits per heavy atom. The Morgan fingerprint density at radius 1 is 1.25 bits per heavy atom. The smallest absolute Gasteiger partial charge is 0.376 e. The lowest BCUT2D eigenvalue weighted by molar-refractivity contribution is -0.482. The first-order chi connectivity index (χ1) is 13.4. The summed E-state index contributed by atoms with van der Waals surface area (Å²) in [6.07, 6.45) is 0.243. The van der Waals surface area contributed by atoms with E-state index in [1.807, 2.05) is 18.2 Å². The van der Waals surface area contributed by atoms with E-state index in [1.54, 1.807) is 7.05 Å². The van der Waals surface area contributed by atoms with E-state index in [0.717, 1.165) is 36.7 Å². The molecule has 3 rings (SSSR count). The second-order valence-corrected chi connectivity index (χ2v) is 7.28. The molecule has 1 aromatic carbocycles. The third-order valence-corrected chi connectivity index (χ3v) is 5.11. The molecule has 2 aliphatic heterocycles. The minimum atomic E-state index is -1.01. The number of rotatable bonds is 4. The molecule has 28 heavy (non-hydrogen) atoms. The molecule has 0 saturated carbocycles. The van der Waals surface area contributed by atoms with Gasteiger partial charge in [-0.05, 0) is 18.1 Å². The summed E-state index contributed by atoms with van der Waals surface area (Å²) >= 11 is 0. The highest BCUT2D eigenvalue weighted by atomic mass is 16.5. The van der Waals surface area contributed by atoms with Gasteiger partial charge in [-0.25, -0.2) is 9.69 Å². The molecule has 0 aliphatic carbocycles. The molecule has 0 aromatic heterocycles. The van der Waals surface area contributed by atoms with Gasteiger partial charge in [0.25, 0.3) is 11.7 Å². The fourth-order valence-electron chi connectivity index (χ4n) is 3.59. The molecule has 2 aliphatic rings. The lowest BCUT2D eigenvalue weighted by Gasteiger charge is -2.31. The van der Waals surface area contributed by atoms with Gasteiger partial charge in [-0.15, -0.1) is 0 Å². The number of benzene rings is 1. The van der Waals surface area contributed by atoms with Crippen LogP contribution in [0.2, 0.25) is 0 Å². The lowest BCUT2D eigenvalue weighted by Crippen LogP contribution is -2.79. The Kier molecular flexibility index (Phi) is 6.07. The van der Waals surface area contributed by atoms with E-state index in [-0.39, 0.29) is 6.10 Å². The number of carbonyl (C=O) groups is 2. The van der Waals surface area contributed by atoms with Crippen LogP contribution in [0.15, 0.2) is 24.3 Å². The maximum Gasteiger partial charge on any atom is 0.417 e. The summed E-state index contributed by atoms with van der Waals surface area (Å²) in [4.78, 5) is 32.2. The van der Waals surface area contributed by atoms with Crippen molar-refractivity contribution in [3.63, 3.8) is 0 Å². The maximum absolute atomic E-state index is 12.2. The predicted octanol–water partition coefficient (Wildman–Crippen LogP) is -0.450. The Morgan fingerprint density at radius 3 is 2.71 bits per heavy atom. The summed E-state index contributed by atoms with van der Waals surface area (Å²) in [5, 5.41) is 9.39. The number of carbonyl (C=O) groups excluding carboxylic acids is 2. The predicted molar refractivity (Wildman–Crippen MR) is 102 cm³/mol. The highest BCUT2D eigenvalue weighted by Crippen LogP contribution is 2.14. The molecular weight excluding hydrogens is 358 g/mol. The van der Waals surface area contributed by atoms with Gasteiger partial charge in [0.05, 0.1) is 25.8 Å². The zero-order valence-electron chi connectivity index (χ0n) is 16.5. The minimum absolute atomic E-state index is 0.243. The number of nitrogens with one attached hydrogen (secondary N) is 1. The maximum atomic E-state index is 12.2. The standard InChI is InChI=1S/C20H25N5O3/c1-14-12-25(7-8-28-14)13-16-6-4-5-15(9-16)11-22-18-17(10-21)19(26)24(3)20(27)23(18)2/h4-6,9,14,17H,7-8,11-13H2,1-3H3/p+1. The first-order valence-electron chi connectivity index (χ1n) is 9.38. The van der Waals surface area contributed by atoms with Gasteiger partial charge in [-0.1, -0.05) is 24.3 Å². The number of hydrogen-bond donors (Lipinski definition) is 1. The third-order valence-electron chi connectivity index (χ3n) is 5.11. The first-order valence-corrected chi connectivity index (χ1v) is 9.38. The molecule has 0 spiro atoms. The van der Waals surface area contributed by atoms with Gasteiger partial charge in [-0.3, -0.25) is 14.7 Å². The summed E-state index contributed by atoms with van der Waals surface area (Å²) in [5.74, 6) is -1.20. The van der Waals surface area contributed by atoms with Crippen LogP contribution < -0.4 is 4.99 Å². The van der Waals surface area contributed by atoms with Crippen molar-refractivity contribution >= 4 is 17.8 Å². The summed E-state index contributed by atoms with van der Waals surface area (Å²) in [7, 11) is 2.95. The number of imide groups is 1. The second-order valence-electron chi connectivity index (χ2n) is 7.28. The third kappa shape index (κ3) is 4.21. The average Bonchev–Trinajstić information content (AvgIpc) is 2.68. The van der Waals surface area contributed by atoms with Crippen LogP contribution in [0, 0.1) is 17.2 Å². The first kappa shape index (κ1) is 20.0. The largest absolute Gasteiger partial charge is 0.417 e. The van der Waals surface area contributed by atoms with E-state index in [4.69, 9.17) is 4.74 Å². The molecule has 1 aromatic rings. The number of ether oxygens (including phenoxy) is 1. The molecular formula is C20H26N5O3+. The monoisotopic (exact) mass is 384 g/mol. The highest BCUT2D eigenvalue weighted by molar-refractivity contribution is 6.17. The van der Waals surface area contributed by atoms with Crippen molar-refractivity contribution < 1.29 is 19.3 Å². The fourth-order valence-corrected chi connectivity index (χ4v) is 3.59. The van der Waals surface area contributed by atoms with Gasteiger partial charge in [0, 0.05) is 26.7 Å². The van der Waals surface area contributed by atoms with Crippen molar-refractivity contribution in [1.82, 2.24) is 14.7 Å². The van der Waals surface area contributed by atoms with Crippen LogP contribution in [0.3, 0.4) is 0 Å². The number of morpholine rings is 1. The van der Waals surface area contributed by atoms with Crippen LogP contribution >= 0.6 is 0 Å². The molecule has 2 heterocycles. The normalized spacial score (nSPS) is 25.3. The van der Waals surface area contributed by atoms with E-state index in [0.29, 0.717) is 12.4 Å². The van der Waals surface area contributed by atoms with E-state index in [9.17, 15) is 14.9 Å². The number of amides is 3. The molecule has 1 N–H and O–H groups in total. The number of nitriles is 1. The van der Waals surface area contributed by atoms with Gasteiger partial charge < -0.3 is 4.74 Å². The fraction of sp³-hybridized carbons (Fsp3) is 0.500. The SMILES string of the molecule is CC1CN(Cc2cccc(C[NH+]=C3C(C#N)C(=O)N(C)C(=O)N3C)c2)CCO1. The Labute approximate surface area is 165 Å². The molecule has 8 nitrogen and oxygen atoms in total. The molecule has 0 radical (unpaired) electrons. The van der Waals surface area contributed by atoms with Crippen LogP contribution in [-0.2, 0) is 22.6 Å². The number of hydrogen-bond acceptors (Lipinski definition) is 5. The van der Waals surface area contributed by atoms with Crippen molar-refractivity contribution in [3.8, 4) is 6.07 Å². The summed E-state index contributed by atoms with van der Waals surface area (Å²) in [6, 6.07) is 9.71. The second kappa shape index (κ2) is 8.50. The van der Waals surface area contributed by atoms with Crippen LogP contribution in [0.25, 0.3) is 0 Å². The minimum Gasteiger partial charge on any atom is -0.376 e. The topological polar surface area (TPSA) is 90.8 Å². The van der Waals surface area contributed by atoms with Gasteiger partial charge in [0.1, 0.15) is 6.54 Å². The van der Waals surface area contributed by atoms with Crippen LogP contribution in [0.4, 0.5) is 4.79 Å². The number of urea groups is 1. The Hall–Kier alpha value is -2.76. The number of nitrogens with zero attached hydrogens (tertiary/aromatic N) is 4. The zero-order chi connectivity index (χ0) is 20.3. The van der Waals surface area contributed by atoms with Crippen molar-refractivity contribution in [2.45, 2.75) is 26.1 Å². The molecule has 148 valence electrons. The van der Waals surface area contributed by atoms with Gasteiger partial charge in [0.2, 0.25) is 5.92 Å². The molecule has 8 heteroatoms.